The van der Waals surface area contributed by atoms with Crippen LogP contribution in [0.2, 0.25) is 0 Å². The molecule has 4 heteroatoms. The van der Waals surface area contributed by atoms with Crippen molar-refractivity contribution in [1.29, 1.82) is 0 Å². The maximum atomic E-state index is 12.2. The smallest absolute Gasteiger partial charge is 0.317 e. The van der Waals surface area contributed by atoms with Crippen LogP contribution in [0.25, 0.3) is 0 Å². The highest BCUT2D eigenvalue weighted by molar-refractivity contribution is 5.97. The first-order valence-electron chi connectivity index (χ1n) is 11.4. The van der Waals surface area contributed by atoms with Crippen LogP contribution in [-0.4, -0.2) is 11.9 Å². The lowest BCUT2D eigenvalue weighted by molar-refractivity contribution is -0.154. The average Bonchev–Trinajstić information content (AvgIpc) is 3.54. The third-order valence-electron chi connectivity index (χ3n) is 9.55. The van der Waals surface area contributed by atoms with Crippen LogP contribution >= 0.6 is 0 Å². The van der Waals surface area contributed by atoms with Crippen molar-refractivity contribution in [2.75, 3.05) is 0 Å². The third-order valence-corrected chi connectivity index (χ3v) is 9.55. The first kappa shape index (κ1) is 17.3. The Morgan fingerprint density at radius 2 is 1.13 bits per heavy atom. The summed E-state index contributed by atoms with van der Waals surface area (Å²) in [6, 6.07) is 9.18. The molecule has 4 aliphatic carbocycles. The molecule has 4 nitrogen and oxygen atoms in total. The molecular formula is C26H26O4. The lowest BCUT2D eigenvalue weighted by Gasteiger charge is -2.31. The zero-order valence-electron chi connectivity index (χ0n) is 17.0. The Balaban J connectivity index is 1.13. The Kier molecular flexibility index (Phi) is 3.27. The van der Waals surface area contributed by atoms with Crippen LogP contribution in [0.4, 0.5) is 0 Å². The van der Waals surface area contributed by atoms with Gasteiger partial charge in [0.15, 0.2) is 0 Å². The van der Waals surface area contributed by atoms with Gasteiger partial charge in [0.2, 0.25) is 0 Å². The van der Waals surface area contributed by atoms with Gasteiger partial charge in [0.25, 0.3) is 0 Å². The first-order valence-corrected chi connectivity index (χ1v) is 11.4. The van der Waals surface area contributed by atoms with Crippen molar-refractivity contribution in [3.05, 3.63) is 60.1 Å². The molecule has 4 bridgehead atoms. The van der Waals surface area contributed by atoms with Crippen molar-refractivity contribution >= 4 is 11.9 Å². The molecule has 6 fully saturated rings. The quantitative estimate of drug-likeness (QED) is 0.538. The van der Waals surface area contributed by atoms with E-state index in [2.05, 4.69) is 37.4 Å². The molecule has 0 amide bonds. The van der Waals surface area contributed by atoms with Crippen LogP contribution < -0.4 is 0 Å². The van der Waals surface area contributed by atoms with Gasteiger partial charge < -0.3 is 9.47 Å². The Morgan fingerprint density at radius 1 is 0.633 bits per heavy atom. The van der Waals surface area contributed by atoms with Crippen molar-refractivity contribution in [2.24, 2.45) is 47.3 Å². The first-order chi connectivity index (χ1) is 14.5. The number of ether oxygens (including phenoxy) is 2. The Bertz CT molecular complexity index is 925. The van der Waals surface area contributed by atoms with Gasteiger partial charge >= 0.3 is 11.9 Å². The Labute approximate surface area is 176 Å². The molecule has 0 aromatic heterocycles. The van der Waals surface area contributed by atoms with E-state index in [0.29, 0.717) is 41.4 Å². The molecule has 0 N–H and O–H groups in total. The zero-order chi connectivity index (χ0) is 20.3. The normalized spacial score (nSPS) is 47.6. The fourth-order valence-corrected chi connectivity index (χ4v) is 8.58. The van der Waals surface area contributed by atoms with Crippen molar-refractivity contribution < 1.29 is 19.1 Å². The maximum Gasteiger partial charge on any atom is 0.317 e. The minimum atomic E-state index is -0.282. The summed E-state index contributed by atoms with van der Waals surface area (Å²) in [5, 5.41) is 0. The number of esters is 2. The van der Waals surface area contributed by atoms with Crippen LogP contribution in [-0.2, 0) is 19.1 Å². The maximum absolute atomic E-state index is 12.2. The molecule has 10 unspecified atom stereocenters. The summed E-state index contributed by atoms with van der Waals surface area (Å²) in [5.74, 6) is 4.65. The minimum absolute atomic E-state index is 0.170. The number of carbonyl (C=O) groups excluding carboxylic acids is 2. The van der Waals surface area contributed by atoms with Gasteiger partial charge in [-0.25, -0.2) is 0 Å². The third kappa shape index (κ3) is 2.03. The van der Waals surface area contributed by atoms with E-state index in [1.165, 1.54) is 24.0 Å². The number of carbonyl (C=O) groups is 2. The number of hydrogen-bond donors (Lipinski definition) is 0. The molecule has 7 rings (SSSR count). The molecule has 0 radical (unpaired) electrons. The molecule has 2 aliphatic heterocycles. The van der Waals surface area contributed by atoms with Crippen molar-refractivity contribution in [1.82, 2.24) is 0 Å². The van der Waals surface area contributed by atoms with E-state index in [1.807, 2.05) is 0 Å². The van der Waals surface area contributed by atoms with Gasteiger partial charge in [-0.15, -0.1) is 0 Å². The summed E-state index contributed by atoms with van der Waals surface area (Å²) in [6.07, 6.45) is 4.47. The molecule has 0 spiro atoms. The average molecular weight is 402 g/mol. The zero-order valence-corrected chi connectivity index (χ0v) is 17.0. The van der Waals surface area contributed by atoms with Gasteiger partial charge in [0, 0.05) is 11.8 Å². The van der Waals surface area contributed by atoms with E-state index < -0.39 is 0 Å². The highest BCUT2D eigenvalue weighted by Crippen LogP contribution is 2.65. The molecular weight excluding hydrogens is 376 g/mol. The second-order valence-corrected chi connectivity index (χ2v) is 10.5. The molecule has 4 saturated carbocycles. The summed E-state index contributed by atoms with van der Waals surface area (Å²) in [6.45, 7) is 8.31. The van der Waals surface area contributed by atoms with E-state index in [9.17, 15) is 9.59 Å². The van der Waals surface area contributed by atoms with Gasteiger partial charge in [-0.05, 0) is 72.3 Å². The van der Waals surface area contributed by atoms with Gasteiger partial charge in [0.1, 0.15) is 11.5 Å². The van der Waals surface area contributed by atoms with Crippen molar-refractivity contribution in [3.63, 3.8) is 0 Å². The number of benzene rings is 1. The van der Waals surface area contributed by atoms with E-state index in [4.69, 9.17) is 9.47 Å². The number of fused-ring (bicyclic) bond motifs is 10. The molecule has 1 aromatic rings. The highest BCUT2D eigenvalue weighted by atomic mass is 16.6. The second-order valence-electron chi connectivity index (χ2n) is 10.5. The van der Waals surface area contributed by atoms with Crippen LogP contribution in [0, 0.1) is 47.3 Å². The van der Waals surface area contributed by atoms with Gasteiger partial charge in [0.05, 0.1) is 11.8 Å². The summed E-state index contributed by atoms with van der Waals surface area (Å²) < 4.78 is 10.8. The number of cyclic esters (lactones) is 2. The van der Waals surface area contributed by atoms with Gasteiger partial charge in [-0.3, -0.25) is 9.59 Å². The molecule has 6 aliphatic rings. The Morgan fingerprint density at radius 3 is 1.77 bits per heavy atom. The fraction of sp³-hybridized carbons (Fsp3) is 0.538. The van der Waals surface area contributed by atoms with Crippen LogP contribution in [0.5, 0.6) is 0 Å². The number of rotatable bonds is 2. The van der Waals surface area contributed by atoms with Crippen LogP contribution in [0.3, 0.4) is 0 Å². The Hall–Kier alpha value is -2.36. The summed E-state index contributed by atoms with van der Waals surface area (Å²) >= 11 is 0. The SMILES string of the molecule is C=C1OC(=C)C2C3CC(CC3c3ccc(C4CC5CC4C4C(=O)OC(=O)C54)cc3)C12. The monoisotopic (exact) mass is 402 g/mol. The van der Waals surface area contributed by atoms with E-state index in [1.54, 1.807) is 0 Å². The van der Waals surface area contributed by atoms with Gasteiger partial charge in [-0.2, -0.15) is 0 Å². The standard InChI is InChI=1S/C26H26O4/c1-11-21-15-7-17(19(9-15)22(21)12(2)29-11)13-3-5-14(6-4-13)18-8-16-10-20(18)24-23(16)25(27)30-26(24)28/h3-6,15-24H,1-2,7-10H2. The predicted octanol–water partition coefficient (Wildman–Crippen LogP) is 4.54. The largest absolute Gasteiger partial charge is 0.467 e. The lowest BCUT2D eigenvalue weighted by Crippen LogP contribution is -2.29. The summed E-state index contributed by atoms with van der Waals surface area (Å²) in [7, 11) is 0. The topological polar surface area (TPSA) is 52.6 Å². The van der Waals surface area contributed by atoms with E-state index in [0.717, 1.165) is 24.4 Å². The minimum Gasteiger partial charge on any atom is -0.467 e. The van der Waals surface area contributed by atoms with Crippen LogP contribution in [0.1, 0.15) is 48.6 Å². The van der Waals surface area contributed by atoms with Crippen molar-refractivity contribution in [2.45, 2.75) is 37.5 Å². The molecule has 1 aromatic carbocycles. The van der Waals surface area contributed by atoms with Crippen molar-refractivity contribution in [3.8, 4) is 0 Å². The van der Waals surface area contributed by atoms with Crippen LogP contribution in [0.15, 0.2) is 48.9 Å². The van der Waals surface area contributed by atoms with E-state index in [-0.39, 0.29) is 29.7 Å². The molecule has 10 atom stereocenters. The fourth-order valence-electron chi connectivity index (χ4n) is 8.58. The van der Waals surface area contributed by atoms with Gasteiger partial charge in [-0.1, -0.05) is 37.4 Å². The number of allylic oxidation sites excluding steroid dienone is 2. The highest BCUT2D eigenvalue weighted by Gasteiger charge is 2.63. The second kappa shape index (κ2) is 5.66. The summed E-state index contributed by atoms with van der Waals surface area (Å²) in [4.78, 5) is 24.2. The molecule has 2 saturated heterocycles. The molecule has 154 valence electrons. The number of hydrogen-bond acceptors (Lipinski definition) is 4. The summed E-state index contributed by atoms with van der Waals surface area (Å²) in [5.41, 5.74) is 2.74. The molecule has 2 heterocycles. The molecule has 30 heavy (non-hydrogen) atoms. The lowest BCUT2D eigenvalue weighted by atomic mass is 9.70. The van der Waals surface area contributed by atoms with E-state index >= 15 is 0 Å². The predicted molar refractivity (Wildman–Crippen MR) is 109 cm³/mol.